The Hall–Kier alpha value is -1.00. The van der Waals surface area contributed by atoms with Crippen molar-refractivity contribution in [3.63, 3.8) is 0 Å². The standard InChI is InChI=1S/C13H20N2OS/c1-3-15-13(2,12(14)16)10-17-9-11-7-5-4-6-8-11/h4-8,15H,3,9-10H2,1-2H3,(H2,14,16). The second-order valence-corrected chi connectivity index (χ2v) is 5.19. The smallest absolute Gasteiger partial charge is 0.238 e. The number of rotatable bonds is 7. The van der Waals surface area contributed by atoms with E-state index in [2.05, 4.69) is 17.4 Å². The van der Waals surface area contributed by atoms with Crippen LogP contribution < -0.4 is 11.1 Å². The molecule has 0 spiro atoms. The van der Waals surface area contributed by atoms with E-state index in [-0.39, 0.29) is 5.91 Å². The number of thioether (sulfide) groups is 1. The molecule has 94 valence electrons. The van der Waals surface area contributed by atoms with Crippen molar-refractivity contribution in [3.05, 3.63) is 35.9 Å². The van der Waals surface area contributed by atoms with Crippen LogP contribution in [-0.2, 0) is 10.5 Å². The first kappa shape index (κ1) is 14.1. The molecule has 1 aromatic carbocycles. The molecule has 0 aliphatic heterocycles. The highest BCUT2D eigenvalue weighted by atomic mass is 32.2. The summed E-state index contributed by atoms with van der Waals surface area (Å²) in [6.07, 6.45) is 0. The molecule has 0 fully saturated rings. The molecule has 1 atom stereocenters. The van der Waals surface area contributed by atoms with Crippen molar-refractivity contribution in [1.82, 2.24) is 5.32 Å². The van der Waals surface area contributed by atoms with Gasteiger partial charge in [-0.2, -0.15) is 11.8 Å². The molecule has 17 heavy (non-hydrogen) atoms. The van der Waals surface area contributed by atoms with E-state index in [0.29, 0.717) is 5.75 Å². The summed E-state index contributed by atoms with van der Waals surface area (Å²) in [6.45, 7) is 4.57. The third kappa shape index (κ3) is 4.40. The van der Waals surface area contributed by atoms with Gasteiger partial charge in [-0.1, -0.05) is 37.3 Å². The van der Waals surface area contributed by atoms with E-state index in [4.69, 9.17) is 5.73 Å². The first-order valence-corrected chi connectivity index (χ1v) is 6.90. The maximum atomic E-state index is 11.4. The van der Waals surface area contributed by atoms with Crippen LogP contribution in [0.3, 0.4) is 0 Å². The maximum absolute atomic E-state index is 11.4. The number of hydrogen-bond donors (Lipinski definition) is 2. The number of carbonyl (C=O) groups is 1. The van der Waals surface area contributed by atoms with Crippen LogP contribution in [0.25, 0.3) is 0 Å². The zero-order valence-electron chi connectivity index (χ0n) is 10.4. The number of likely N-dealkylation sites (N-methyl/N-ethyl adjacent to an activating group) is 1. The summed E-state index contributed by atoms with van der Waals surface area (Å²) < 4.78 is 0. The molecule has 4 heteroatoms. The van der Waals surface area contributed by atoms with Crippen LogP contribution in [0.5, 0.6) is 0 Å². The Morgan fingerprint density at radius 3 is 2.59 bits per heavy atom. The highest BCUT2D eigenvalue weighted by molar-refractivity contribution is 7.98. The van der Waals surface area contributed by atoms with Gasteiger partial charge in [0.2, 0.25) is 5.91 Å². The molecule has 0 bridgehead atoms. The molecular formula is C13H20N2OS. The lowest BCUT2D eigenvalue weighted by atomic mass is 10.1. The molecule has 0 aliphatic rings. The highest BCUT2D eigenvalue weighted by Crippen LogP contribution is 2.17. The number of carbonyl (C=O) groups excluding carboxylic acids is 1. The molecule has 1 unspecified atom stereocenters. The minimum atomic E-state index is -0.617. The van der Waals surface area contributed by atoms with Crippen molar-refractivity contribution in [2.45, 2.75) is 25.1 Å². The lowest BCUT2D eigenvalue weighted by molar-refractivity contribution is -0.122. The number of nitrogens with two attached hydrogens (primary N) is 1. The van der Waals surface area contributed by atoms with Gasteiger partial charge in [0.25, 0.3) is 0 Å². The monoisotopic (exact) mass is 252 g/mol. The van der Waals surface area contributed by atoms with Crippen molar-refractivity contribution in [2.24, 2.45) is 5.73 Å². The molecule has 0 heterocycles. The van der Waals surface area contributed by atoms with Gasteiger partial charge in [-0.05, 0) is 19.0 Å². The van der Waals surface area contributed by atoms with Gasteiger partial charge in [0.05, 0.1) is 0 Å². The lowest BCUT2D eigenvalue weighted by Crippen LogP contribution is -2.55. The second kappa shape index (κ2) is 6.67. The zero-order chi connectivity index (χ0) is 12.7. The Bertz CT molecular complexity index is 356. The maximum Gasteiger partial charge on any atom is 0.238 e. The predicted molar refractivity (Wildman–Crippen MR) is 73.9 cm³/mol. The zero-order valence-corrected chi connectivity index (χ0v) is 11.2. The molecule has 1 rings (SSSR count). The summed E-state index contributed by atoms with van der Waals surface area (Å²) in [5.74, 6) is 1.29. The van der Waals surface area contributed by atoms with Gasteiger partial charge >= 0.3 is 0 Å². The average molecular weight is 252 g/mol. The van der Waals surface area contributed by atoms with E-state index in [0.717, 1.165) is 12.3 Å². The molecule has 1 aromatic rings. The van der Waals surface area contributed by atoms with Gasteiger partial charge in [0.15, 0.2) is 0 Å². The van der Waals surface area contributed by atoms with Gasteiger partial charge in [-0.15, -0.1) is 0 Å². The molecule has 3 nitrogen and oxygen atoms in total. The lowest BCUT2D eigenvalue weighted by Gasteiger charge is -2.26. The second-order valence-electron chi connectivity index (χ2n) is 4.21. The van der Waals surface area contributed by atoms with Crippen molar-refractivity contribution in [2.75, 3.05) is 12.3 Å². The van der Waals surface area contributed by atoms with E-state index < -0.39 is 5.54 Å². The predicted octanol–water partition coefficient (Wildman–Crippen LogP) is 1.77. The molecule has 0 radical (unpaired) electrons. The quantitative estimate of drug-likeness (QED) is 0.777. The first-order chi connectivity index (χ1) is 8.08. The van der Waals surface area contributed by atoms with E-state index in [1.807, 2.05) is 32.0 Å². The van der Waals surface area contributed by atoms with Crippen LogP contribution in [0.4, 0.5) is 0 Å². The Labute approximate surface area is 107 Å². The summed E-state index contributed by atoms with van der Waals surface area (Å²) >= 11 is 1.72. The largest absolute Gasteiger partial charge is 0.368 e. The Balaban J connectivity index is 2.45. The molecule has 0 aliphatic carbocycles. The number of nitrogens with one attached hydrogen (secondary N) is 1. The normalized spacial score (nSPS) is 14.2. The van der Waals surface area contributed by atoms with Crippen LogP contribution in [-0.4, -0.2) is 23.7 Å². The van der Waals surface area contributed by atoms with E-state index >= 15 is 0 Å². The number of hydrogen-bond acceptors (Lipinski definition) is 3. The average Bonchev–Trinajstić information content (AvgIpc) is 2.30. The van der Waals surface area contributed by atoms with Crippen molar-refractivity contribution in [1.29, 1.82) is 0 Å². The fourth-order valence-electron chi connectivity index (χ4n) is 1.55. The minimum Gasteiger partial charge on any atom is -0.368 e. The van der Waals surface area contributed by atoms with Gasteiger partial charge in [0, 0.05) is 11.5 Å². The molecule has 3 N–H and O–H groups in total. The summed E-state index contributed by atoms with van der Waals surface area (Å²) in [6, 6.07) is 10.2. The van der Waals surface area contributed by atoms with Gasteiger partial charge < -0.3 is 11.1 Å². The van der Waals surface area contributed by atoms with E-state index in [9.17, 15) is 4.79 Å². The van der Waals surface area contributed by atoms with Crippen molar-refractivity contribution >= 4 is 17.7 Å². The molecule has 0 saturated carbocycles. The molecule has 0 aromatic heterocycles. The topological polar surface area (TPSA) is 55.1 Å². The third-order valence-electron chi connectivity index (χ3n) is 2.61. The number of primary amides is 1. The summed E-state index contributed by atoms with van der Waals surface area (Å²) in [7, 11) is 0. The number of benzene rings is 1. The molecule has 1 amide bonds. The first-order valence-electron chi connectivity index (χ1n) is 5.75. The van der Waals surface area contributed by atoms with Crippen LogP contribution in [0.2, 0.25) is 0 Å². The van der Waals surface area contributed by atoms with Crippen LogP contribution >= 0.6 is 11.8 Å². The fraction of sp³-hybridized carbons (Fsp3) is 0.462. The van der Waals surface area contributed by atoms with E-state index in [1.54, 1.807) is 11.8 Å². The molecular weight excluding hydrogens is 232 g/mol. The van der Waals surface area contributed by atoms with E-state index in [1.165, 1.54) is 5.56 Å². The summed E-state index contributed by atoms with van der Waals surface area (Å²) in [5.41, 5.74) is 6.07. The summed E-state index contributed by atoms with van der Waals surface area (Å²) in [5, 5.41) is 3.15. The fourth-order valence-corrected chi connectivity index (χ4v) is 2.73. The van der Waals surface area contributed by atoms with Crippen molar-refractivity contribution < 1.29 is 4.79 Å². The van der Waals surface area contributed by atoms with Gasteiger partial charge in [-0.25, -0.2) is 0 Å². The van der Waals surface area contributed by atoms with Crippen molar-refractivity contribution in [3.8, 4) is 0 Å². The summed E-state index contributed by atoms with van der Waals surface area (Å²) in [4.78, 5) is 11.4. The van der Waals surface area contributed by atoms with Gasteiger partial charge in [0.1, 0.15) is 5.54 Å². The Kier molecular flexibility index (Phi) is 5.51. The van der Waals surface area contributed by atoms with Crippen LogP contribution in [0.1, 0.15) is 19.4 Å². The Morgan fingerprint density at radius 1 is 1.41 bits per heavy atom. The minimum absolute atomic E-state index is 0.292. The van der Waals surface area contributed by atoms with Gasteiger partial charge in [-0.3, -0.25) is 4.79 Å². The highest BCUT2D eigenvalue weighted by Gasteiger charge is 2.29. The molecule has 0 saturated heterocycles. The SMILES string of the molecule is CCNC(C)(CSCc1ccccc1)C(N)=O. The van der Waals surface area contributed by atoms with Crippen LogP contribution in [0, 0.1) is 0 Å². The number of amides is 1. The van der Waals surface area contributed by atoms with Crippen LogP contribution in [0.15, 0.2) is 30.3 Å². The Morgan fingerprint density at radius 2 is 2.06 bits per heavy atom. The third-order valence-corrected chi connectivity index (χ3v) is 3.93.